The Hall–Kier alpha value is -3.33. The molecule has 1 aromatic heterocycles. The summed E-state index contributed by atoms with van der Waals surface area (Å²) in [4.78, 5) is 12.9. The van der Waals surface area contributed by atoms with E-state index in [1.807, 2.05) is 31.2 Å². The summed E-state index contributed by atoms with van der Waals surface area (Å²) < 4.78 is 20.7. The molecule has 2 heterocycles. The molecule has 0 unspecified atom stereocenters. The van der Waals surface area contributed by atoms with Gasteiger partial charge < -0.3 is 15.4 Å². The number of primary amides is 1. The predicted octanol–water partition coefficient (Wildman–Crippen LogP) is 1.13. The van der Waals surface area contributed by atoms with Gasteiger partial charge in [0.25, 0.3) is 0 Å². The highest BCUT2D eigenvalue weighted by molar-refractivity contribution is 5.76. The molecule has 1 amide bonds. The first kappa shape index (κ1) is 21.9. The van der Waals surface area contributed by atoms with Crippen molar-refractivity contribution < 1.29 is 18.8 Å². The number of nitrogens with one attached hydrogen (secondary N) is 1. The molecule has 2 aromatic carbocycles. The number of hydrogen-bond donors (Lipinski definition) is 2. The maximum absolute atomic E-state index is 13.3. The maximum Gasteiger partial charge on any atom is 0.220 e. The van der Waals surface area contributed by atoms with E-state index in [0.29, 0.717) is 13.2 Å². The van der Waals surface area contributed by atoms with Crippen LogP contribution in [0.1, 0.15) is 42.8 Å². The van der Waals surface area contributed by atoms with Crippen LogP contribution in [0.3, 0.4) is 0 Å². The highest BCUT2D eigenvalue weighted by atomic mass is 19.1. The number of ether oxygens (including phenoxy) is 1. The Morgan fingerprint density at radius 1 is 1.19 bits per heavy atom. The van der Waals surface area contributed by atoms with E-state index < -0.39 is 0 Å². The number of quaternary nitrogens is 1. The first-order chi connectivity index (χ1) is 15.5. The number of halogens is 1. The lowest BCUT2D eigenvalue weighted by Gasteiger charge is -2.33. The van der Waals surface area contributed by atoms with Gasteiger partial charge in [-0.05, 0) is 59.3 Å². The minimum Gasteiger partial charge on any atom is -0.494 e. The van der Waals surface area contributed by atoms with Gasteiger partial charge in [-0.15, -0.1) is 5.10 Å². The van der Waals surface area contributed by atoms with Crippen LogP contribution in [0.2, 0.25) is 0 Å². The SMILES string of the molecule is CCOc1ccc([C@@H](c2nnnn2Cc2ccc(F)cc2)[NH+]2CCC(C(N)=O)CC2)cc1. The van der Waals surface area contributed by atoms with E-state index in [9.17, 15) is 9.18 Å². The minimum absolute atomic E-state index is 0.0880. The molecule has 1 saturated heterocycles. The van der Waals surface area contributed by atoms with E-state index in [-0.39, 0.29) is 23.7 Å². The van der Waals surface area contributed by atoms with Gasteiger partial charge in [0, 0.05) is 24.3 Å². The normalized spacial score (nSPS) is 19.4. The number of piperidine rings is 1. The third kappa shape index (κ3) is 4.94. The van der Waals surface area contributed by atoms with Gasteiger partial charge >= 0.3 is 0 Å². The van der Waals surface area contributed by atoms with Crippen molar-refractivity contribution in [1.29, 1.82) is 0 Å². The van der Waals surface area contributed by atoms with Crippen molar-refractivity contribution in [3.05, 3.63) is 71.3 Å². The second-order valence-corrected chi connectivity index (χ2v) is 8.09. The number of aromatic nitrogens is 4. The Morgan fingerprint density at radius 2 is 1.88 bits per heavy atom. The van der Waals surface area contributed by atoms with Crippen LogP contribution in [-0.2, 0) is 11.3 Å². The molecule has 4 rings (SSSR count). The van der Waals surface area contributed by atoms with Gasteiger partial charge in [0.2, 0.25) is 11.7 Å². The van der Waals surface area contributed by atoms with Crippen molar-refractivity contribution in [3.8, 4) is 5.75 Å². The Bertz CT molecular complexity index is 1030. The van der Waals surface area contributed by atoms with Gasteiger partial charge in [0.1, 0.15) is 11.6 Å². The van der Waals surface area contributed by atoms with E-state index in [0.717, 1.165) is 48.6 Å². The van der Waals surface area contributed by atoms with Crippen molar-refractivity contribution in [2.75, 3.05) is 19.7 Å². The average molecular weight is 440 g/mol. The van der Waals surface area contributed by atoms with Gasteiger partial charge in [0.05, 0.1) is 26.2 Å². The van der Waals surface area contributed by atoms with Crippen molar-refractivity contribution >= 4 is 5.91 Å². The smallest absolute Gasteiger partial charge is 0.220 e. The Morgan fingerprint density at radius 3 is 2.50 bits per heavy atom. The van der Waals surface area contributed by atoms with Gasteiger partial charge in [0.15, 0.2) is 6.04 Å². The fourth-order valence-corrected chi connectivity index (χ4v) is 4.35. The van der Waals surface area contributed by atoms with E-state index >= 15 is 0 Å². The van der Waals surface area contributed by atoms with E-state index in [1.165, 1.54) is 17.0 Å². The number of hydrogen-bond acceptors (Lipinski definition) is 5. The lowest BCUT2D eigenvalue weighted by Crippen LogP contribution is -3.13. The number of tetrazole rings is 1. The highest BCUT2D eigenvalue weighted by Gasteiger charge is 2.36. The third-order valence-corrected chi connectivity index (χ3v) is 6.03. The molecule has 0 aliphatic carbocycles. The highest BCUT2D eigenvalue weighted by Crippen LogP contribution is 2.23. The number of carbonyl (C=O) groups is 1. The summed E-state index contributed by atoms with van der Waals surface area (Å²) in [6.45, 7) is 4.56. The van der Waals surface area contributed by atoms with Crippen LogP contribution >= 0.6 is 0 Å². The minimum atomic E-state index is -0.278. The summed E-state index contributed by atoms with van der Waals surface area (Å²) in [6, 6.07) is 14.2. The second kappa shape index (κ2) is 9.86. The number of nitrogens with zero attached hydrogens (tertiary/aromatic N) is 4. The number of benzene rings is 2. The largest absolute Gasteiger partial charge is 0.494 e. The summed E-state index contributed by atoms with van der Waals surface area (Å²) in [7, 11) is 0. The van der Waals surface area contributed by atoms with Crippen LogP contribution in [0.15, 0.2) is 48.5 Å². The van der Waals surface area contributed by atoms with E-state index in [1.54, 1.807) is 16.8 Å². The molecular weight excluding hydrogens is 411 g/mol. The van der Waals surface area contributed by atoms with Crippen LogP contribution in [0.5, 0.6) is 5.75 Å². The van der Waals surface area contributed by atoms with Crippen molar-refractivity contribution in [2.45, 2.75) is 32.4 Å². The lowest BCUT2D eigenvalue weighted by molar-refractivity contribution is -0.931. The molecule has 0 saturated carbocycles. The van der Waals surface area contributed by atoms with Gasteiger partial charge in [-0.1, -0.05) is 12.1 Å². The monoisotopic (exact) mass is 439 g/mol. The first-order valence-corrected chi connectivity index (χ1v) is 10.9. The van der Waals surface area contributed by atoms with Crippen LogP contribution in [-0.4, -0.2) is 45.8 Å². The quantitative estimate of drug-likeness (QED) is 0.548. The Balaban J connectivity index is 1.64. The molecule has 1 atom stereocenters. The number of carbonyl (C=O) groups excluding carboxylic acids is 1. The molecular formula is C23H28FN6O2+. The molecule has 8 nitrogen and oxygen atoms in total. The summed E-state index contributed by atoms with van der Waals surface area (Å²) in [6.07, 6.45) is 1.47. The summed E-state index contributed by atoms with van der Waals surface area (Å²) in [5, 5.41) is 12.5. The van der Waals surface area contributed by atoms with E-state index in [4.69, 9.17) is 10.5 Å². The molecule has 0 spiro atoms. The van der Waals surface area contributed by atoms with Crippen LogP contribution < -0.4 is 15.4 Å². The molecule has 3 N–H and O–H groups in total. The average Bonchev–Trinajstić information content (AvgIpc) is 3.25. The Labute approximate surface area is 186 Å². The zero-order chi connectivity index (χ0) is 22.5. The molecule has 1 aliphatic heterocycles. The number of nitrogens with two attached hydrogens (primary N) is 1. The third-order valence-electron chi connectivity index (χ3n) is 6.03. The molecule has 32 heavy (non-hydrogen) atoms. The fraction of sp³-hybridized carbons (Fsp3) is 0.391. The number of likely N-dealkylation sites (tertiary alicyclic amines) is 1. The van der Waals surface area contributed by atoms with Crippen LogP contribution in [0.25, 0.3) is 0 Å². The van der Waals surface area contributed by atoms with Crippen molar-refractivity contribution in [3.63, 3.8) is 0 Å². The van der Waals surface area contributed by atoms with Crippen LogP contribution in [0, 0.1) is 11.7 Å². The summed E-state index contributed by atoms with van der Waals surface area (Å²) >= 11 is 0. The summed E-state index contributed by atoms with van der Waals surface area (Å²) in [5.74, 6) is 0.937. The van der Waals surface area contributed by atoms with Crippen LogP contribution in [0.4, 0.5) is 4.39 Å². The summed E-state index contributed by atoms with van der Waals surface area (Å²) in [5.41, 5.74) is 7.51. The zero-order valence-electron chi connectivity index (χ0n) is 18.1. The van der Waals surface area contributed by atoms with Crippen molar-refractivity contribution in [2.24, 2.45) is 11.7 Å². The van der Waals surface area contributed by atoms with Gasteiger partial charge in [-0.3, -0.25) is 4.79 Å². The zero-order valence-corrected chi connectivity index (χ0v) is 18.1. The molecule has 0 bridgehead atoms. The Kier molecular flexibility index (Phi) is 6.75. The van der Waals surface area contributed by atoms with Gasteiger partial charge in [-0.2, -0.15) is 0 Å². The van der Waals surface area contributed by atoms with Crippen molar-refractivity contribution in [1.82, 2.24) is 20.2 Å². The van der Waals surface area contributed by atoms with E-state index in [2.05, 4.69) is 15.5 Å². The fourth-order valence-electron chi connectivity index (χ4n) is 4.35. The number of amides is 1. The maximum atomic E-state index is 13.3. The molecule has 1 fully saturated rings. The molecule has 1 aliphatic rings. The second-order valence-electron chi connectivity index (χ2n) is 8.09. The van der Waals surface area contributed by atoms with Gasteiger partial charge in [-0.25, -0.2) is 9.07 Å². The molecule has 9 heteroatoms. The lowest BCUT2D eigenvalue weighted by atomic mass is 9.93. The standard InChI is InChI=1S/C23H27FN6O2/c1-2-32-20-9-5-17(6-10-20)21(29-13-11-18(12-14-29)22(25)31)23-26-27-28-30(23)15-16-3-7-19(24)8-4-16/h3-10,18,21H,2,11-15H2,1H3,(H2,25,31)/p+1/t21-/m0/s1. The first-order valence-electron chi connectivity index (χ1n) is 10.9. The predicted molar refractivity (Wildman–Crippen MR) is 115 cm³/mol. The molecule has 0 radical (unpaired) electrons. The molecule has 168 valence electrons. The molecule has 3 aromatic rings. The topological polar surface area (TPSA) is 100 Å². The number of rotatable bonds is 8.